The van der Waals surface area contributed by atoms with Gasteiger partial charge < -0.3 is 15.4 Å². The molecule has 0 aromatic heterocycles. The molecule has 0 heterocycles. The van der Waals surface area contributed by atoms with Crippen molar-refractivity contribution in [2.75, 3.05) is 11.9 Å². The Labute approximate surface area is 167 Å². The average Bonchev–Trinajstić information content (AvgIpc) is 2.63. The molecule has 0 aliphatic rings. The Morgan fingerprint density at radius 1 is 1.11 bits per heavy atom. The van der Waals surface area contributed by atoms with Crippen molar-refractivity contribution in [3.8, 4) is 0 Å². The predicted octanol–water partition coefficient (Wildman–Crippen LogP) is 5.25. The molecule has 1 atom stereocenters. The largest absolute Gasteiger partial charge is 0.462 e. The van der Waals surface area contributed by atoms with Gasteiger partial charge in [0.05, 0.1) is 18.2 Å². The highest BCUT2D eigenvalue weighted by atomic mass is 32.1. The lowest BCUT2D eigenvalue weighted by Gasteiger charge is -2.23. The van der Waals surface area contributed by atoms with Crippen LogP contribution >= 0.6 is 12.2 Å². The quantitative estimate of drug-likeness (QED) is 0.505. The highest BCUT2D eigenvalue weighted by Crippen LogP contribution is 2.23. The molecule has 0 saturated heterocycles. The van der Waals surface area contributed by atoms with Crippen LogP contribution in [0.2, 0.25) is 0 Å². The summed E-state index contributed by atoms with van der Waals surface area (Å²) in [6.07, 6.45) is 0.966. The third-order valence-electron chi connectivity index (χ3n) is 4.29. The number of carbonyl (C=O) groups is 1. The number of anilines is 1. The lowest BCUT2D eigenvalue weighted by Crippen LogP contribution is -2.33. The minimum absolute atomic E-state index is 0.125. The summed E-state index contributed by atoms with van der Waals surface area (Å²) < 4.78 is 5.12. The Morgan fingerprint density at radius 2 is 1.81 bits per heavy atom. The molecule has 2 rings (SSSR count). The number of benzene rings is 2. The topological polar surface area (TPSA) is 50.4 Å². The first-order valence-electron chi connectivity index (χ1n) is 9.31. The van der Waals surface area contributed by atoms with Crippen molar-refractivity contribution in [1.29, 1.82) is 0 Å². The molecule has 2 aromatic carbocycles. The monoisotopic (exact) mass is 384 g/mol. The molecule has 5 heteroatoms. The zero-order chi connectivity index (χ0) is 19.8. The van der Waals surface area contributed by atoms with Crippen LogP contribution in [0.25, 0.3) is 0 Å². The molecule has 27 heavy (non-hydrogen) atoms. The fraction of sp³-hybridized carbons (Fsp3) is 0.364. The summed E-state index contributed by atoms with van der Waals surface area (Å²) in [5.74, 6) is 0.207. The molecule has 0 radical (unpaired) electrons. The van der Waals surface area contributed by atoms with Gasteiger partial charge in [-0.2, -0.15) is 0 Å². The molecule has 0 saturated carbocycles. The van der Waals surface area contributed by atoms with Crippen LogP contribution in [-0.2, 0) is 4.74 Å². The van der Waals surface area contributed by atoms with E-state index in [1.54, 1.807) is 13.0 Å². The van der Waals surface area contributed by atoms with E-state index in [0.29, 0.717) is 23.2 Å². The number of thiocarbonyl (C=S) groups is 1. The molecule has 0 spiro atoms. The maximum atomic E-state index is 12.1. The smallest absolute Gasteiger partial charge is 0.338 e. The van der Waals surface area contributed by atoms with E-state index < -0.39 is 0 Å². The van der Waals surface area contributed by atoms with E-state index in [0.717, 1.165) is 17.7 Å². The van der Waals surface area contributed by atoms with E-state index in [-0.39, 0.29) is 12.0 Å². The zero-order valence-electron chi connectivity index (χ0n) is 16.4. The second kappa shape index (κ2) is 10.1. The molecule has 2 N–H and O–H groups in total. The van der Waals surface area contributed by atoms with Crippen LogP contribution in [0.15, 0.2) is 48.5 Å². The fourth-order valence-corrected chi connectivity index (χ4v) is 3.20. The summed E-state index contributed by atoms with van der Waals surface area (Å²) in [7, 11) is 0. The van der Waals surface area contributed by atoms with E-state index in [1.165, 1.54) is 5.56 Å². The normalized spacial score (nSPS) is 11.7. The summed E-state index contributed by atoms with van der Waals surface area (Å²) in [6, 6.07) is 15.9. The van der Waals surface area contributed by atoms with Crippen LogP contribution < -0.4 is 10.6 Å². The number of rotatable bonds is 7. The number of ether oxygens (including phenoxy) is 1. The number of carbonyl (C=O) groups excluding carboxylic acids is 1. The zero-order valence-corrected chi connectivity index (χ0v) is 17.2. The number of hydrogen-bond acceptors (Lipinski definition) is 3. The van der Waals surface area contributed by atoms with Gasteiger partial charge in [0.25, 0.3) is 0 Å². The summed E-state index contributed by atoms with van der Waals surface area (Å²) in [5, 5.41) is 7.19. The van der Waals surface area contributed by atoms with Gasteiger partial charge in [0.15, 0.2) is 5.11 Å². The molecular weight excluding hydrogens is 356 g/mol. The Balaban J connectivity index is 2.14. The lowest BCUT2D eigenvalue weighted by molar-refractivity contribution is 0.0525. The molecule has 0 bridgehead atoms. The Bertz CT molecular complexity index is 775. The van der Waals surface area contributed by atoms with Crippen LogP contribution in [-0.4, -0.2) is 17.7 Å². The maximum Gasteiger partial charge on any atom is 0.338 e. The Morgan fingerprint density at radius 3 is 2.44 bits per heavy atom. The van der Waals surface area contributed by atoms with Crippen molar-refractivity contribution in [1.82, 2.24) is 5.32 Å². The van der Waals surface area contributed by atoms with Gasteiger partial charge in [-0.05, 0) is 61.7 Å². The van der Waals surface area contributed by atoms with Gasteiger partial charge in [-0.25, -0.2) is 4.79 Å². The van der Waals surface area contributed by atoms with Gasteiger partial charge in [0, 0.05) is 5.69 Å². The third-order valence-corrected chi connectivity index (χ3v) is 4.51. The standard InChI is InChI=1S/C22H28N2O2S/c1-5-26-21(25)18-12-9-13-19(16(18)4)23-22(27)24-20(14-15(2)3)17-10-7-6-8-11-17/h6-13,15,20H,5,14H2,1-4H3,(H2,23,24,27)/t20-/m0/s1. The first-order valence-corrected chi connectivity index (χ1v) is 9.72. The highest BCUT2D eigenvalue weighted by molar-refractivity contribution is 7.80. The summed E-state index contributed by atoms with van der Waals surface area (Å²) in [5.41, 5.74) is 3.37. The fourth-order valence-electron chi connectivity index (χ4n) is 2.95. The summed E-state index contributed by atoms with van der Waals surface area (Å²) >= 11 is 5.55. The van der Waals surface area contributed by atoms with Crippen LogP contribution in [0.3, 0.4) is 0 Å². The molecule has 0 aliphatic heterocycles. The first-order chi connectivity index (χ1) is 12.9. The minimum atomic E-state index is -0.320. The minimum Gasteiger partial charge on any atom is -0.462 e. The van der Waals surface area contributed by atoms with Crippen molar-refractivity contribution in [2.45, 2.75) is 40.2 Å². The van der Waals surface area contributed by atoms with Gasteiger partial charge in [0.2, 0.25) is 0 Å². The van der Waals surface area contributed by atoms with Crippen molar-refractivity contribution in [2.24, 2.45) is 5.92 Å². The number of nitrogens with one attached hydrogen (secondary N) is 2. The molecule has 0 aliphatic carbocycles. The lowest BCUT2D eigenvalue weighted by atomic mass is 9.97. The van der Waals surface area contributed by atoms with Gasteiger partial charge in [-0.1, -0.05) is 50.2 Å². The van der Waals surface area contributed by atoms with Gasteiger partial charge >= 0.3 is 5.97 Å². The summed E-state index contributed by atoms with van der Waals surface area (Å²) in [4.78, 5) is 12.1. The second-order valence-corrected chi connectivity index (χ2v) is 7.30. The van der Waals surface area contributed by atoms with Crippen molar-refractivity contribution < 1.29 is 9.53 Å². The van der Waals surface area contributed by atoms with E-state index in [2.05, 4.69) is 36.6 Å². The van der Waals surface area contributed by atoms with E-state index in [1.807, 2.05) is 37.3 Å². The first kappa shape index (κ1) is 20.9. The van der Waals surface area contributed by atoms with E-state index in [9.17, 15) is 4.79 Å². The number of hydrogen-bond donors (Lipinski definition) is 2. The predicted molar refractivity (Wildman–Crippen MR) is 115 cm³/mol. The van der Waals surface area contributed by atoms with Crippen LogP contribution in [0.5, 0.6) is 0 Å². The molecule has 0 unspecified atom stereocenters. The summed E-state index contributed by atoms with van der Waals surface area (Å²) in [6.45, 7) is 8.43. The highest BCUT2D eigenvalue weighted by Gasteiger charge is 2.16. The molecule has 2 aromatic rings. The molecule has 144 valence electrons. The molecule has 4 nitrogen and oxygen atoms in total. The van der Waals surface area contributed by atoms with Crippen molar-refractivity contribution >= 4 is 29.0 Å². The SMILES string of the molecule is CCOC(=O)c1cccc(NC(=S)N[C@@H](CC(C)C)c2ccccc2)c1C. The van der Waals surface area contributed by atoms with Crippen LogP contribution in [0, 0.1) is 12.8 Å². The molecular formula is C22H28N2O2S. The van der Waals surface area contributed by atoms with Crippen LogP contribution in [0.4, 0.5) is 5.69 Å². The Hall–Kier alpha value is -2.40. The van der Waals surface area contributed by atoms with Crippen molar-refractivity contribution in [3.05, 3.63) is 65.2 Å². The van der Waals surface area contributed by atoms with Crippen LogP contribution in [0.1, 0.15) is 54.7 Å². The average molecular weight is 385 g/mol. The molecule has 0 fully saturated rings. The third kappa shape index (κ3) is 6.07. The van der Waals surface area contributed by atoms with Gasteiger partial charge in [-0.15, -0.1) is 0 Å². The van der Waals surface area contributed by atoms with Gasteiger partial charge in [0.1, 0.15) is 0 Å². The van der Waals surface area contributed by atoms with Gasteiger partial charge in [-0.3, -0.25) is 0 Å². The van der Waals surface area contributed by atoms with E-state index in [4.69, 9.17) is 17.0 Å². The Kier molecular flexibility index (Phi) is 7.80. The maximum absolute atomic E-state index is 12.1. The number of esters is 1. The van der Waals surface area contributed by atoms with Crippen molar-refractivity contribution in [3.63, 3.8) is 0 Å². The molecule has 0 amide bonds. The second-order valence-electron chi connectivity index (χ2n) is 6.89. The van der Waals surface area contributed by atoms with E-state index >= 15 is 0 Å².